The fourth-order valence-corrected chi connectivity index (χ4v) is 11.3. The number of nitrogens with zero attached hydrogens (tertiary/aromatic N) is 2. The lowest BCUT2D eigenvalue weighted by Gasteiger charge is -2.44. The zero-order valence-corrected chi connectivity index (χ0v) is 29.1. The molecule has 2 aromatic heterocycles. The molecule has 0 fully saturated rings. The predicted octanol–water partition coefficient (Wildman–Crippen LogP) is 11.1. The molecule has 284 valence electrons. The molecule has 3 aromatic rings. The second kappa shape index (κ2) is 13.1. The van der Waals surface area contributed by atoms with Crippen LogP contribution in [0.4, 0.5) is 57.1 Å². The van der Waals surface area contributed by atoms with E-state index in [2.05, 4.69) is 0 Å². The average Bonchev–Trinajstić information content (AvgIpc) is 3.38. The Morgan fingerprint density at radius 3 is 1.90 bits per heavy atom. The van der Waals surface area contributed by atoms with E-state index in [0.717, 1.165) is 10.9 Å². The molecule has 18 heteroatoms. The van der Waals surface area contributed by atoms with Crippen LogP contribution in [0.15, 0.2) is 41.2 Å². The summed E-state index contributed by atoms with van der Waals surface area (Å²) in [7, 11) is -3.95. The lowest BCUT2D eigenvalue weighted by molar-refractivity contribution is -0.440. The molecule has 3 heterocycles. The summed E-state index contributed by atoms with van der Waals surface area (Å²) >= 11 is 0. The van der Waals surface area contributed by atoms with Crippen molar-refractivity contribution < 1.29 is 61.5 Å². The van der Waals surface area contributed by atoms with Crippen LogP contribution in [0.25, 0.3) is 22.3 Å². The van der Waals surface area contributed by atoms with Crippen molar-refractivity contribution in [3.63, 3.8) is 0 Å². The normalized spacial score (nSPS) is 15.5. The van der Waals surface area contributed by atoms with Crippen molar-refractivity contribution in [2.75, 3.05) is 0 Å². The molecule has 4 nitrogen and oxygen atoms in total. The van der Waals surface area contributed by atoms with Gasteiger partial charge in [-0.3, -0.25) is 4.79 Å². The molecule has 1 aromatic carbocycles. The third kappa shape index (κ3) is 6.24. The highest BCUT2D eigenvalue weighted by Crippen LogP contribution is 2.61. The summed E-state index contributed by atoms with van der Waals surface area (Å²) in [4.78, 5) is 18.3. The van der Waals surface area contributed by atoms with E-state index >= 15 is 8.78 Å². The van der Waals surface area contributed by atoms with Gasteiger partial charge in [0, 0.05) is 22.9 Å². The van der Waals surface area contributed by atoms with Gasteiger partial charge in [0.15, 0.2) is 8.32 Å². The predicted molar refractivity (Wildman–Crippen MR) is 166 cm³/mol. The summed E-state index contributed by atoms with van der Waals surface area (Å²) in [6.45, 7) is 9.18. The number of hydrogen-bond donors (Lipinski definition) is 0. The van der Waals surface area contributed by atoms with Gasteiger partial charge in [0.2, 0.25) is 0 Å². The van der Waals surface area contributed by atoms with Gasteiger partial charge in [0.25, 0.3) is 5.56 Å². The van der Waals surface area contributed by atoms with E-state index in [1.54, 1.807) is 25.1 Å². The van der Waals surface area contributed by atoms with Gasteiger partial charge in [-0.2, -0.15) is 57.1 Å². The second-order valence-electron chi connectivity index (χ2n) is 13.5. The summed E-state index contributed by atoms with van der Waals surface area (Å²) in [6, 6.07) is 9.59. The SMILES string of the molecule is CC[C@H](O[Si](CCC(F)(F)C(F)(F)C(F)(F)C(F)(F)C(F)(F)C(F)(F)F)(C(C)C)C(C)C)c1cc2n(c(=O)c1C)Cc1cc3ccccc3nc1-2. The summed E-state index contributed by atoms with van der Waals surface area (Å²) in [6.07, 6.45) is -10.8. The highest BCUT2D eigenvalue weighted by atomic mass is 28.4. The number of fused-ring (bicyclic) bond motifs is 4. The fraction of sp³-hybridized carbons (Fsp3) is 0.576. The van der Waals surface area contributed by atoms with Gasteiger partial charge in [0.05, 0.1) is 29.6 Å². The van der Waals surface area contributed by atoms with E-state index in [1.807, 2.05) is 18.2 Å². The Labute approximate surface area is 285 Å². The van der Waals surface area contributed by atoms with Crippen LogP contribution in [-0.2, 0) is 11.0 Å². The largest absolute Gasteiger partial charge is 0.460 e. The maximum absolute atomic E-state index is 15.1. The van der Waals surface area contributed by atoms with E-state index in [9.17, 15) is 53.1 Å². The molecule has 1 atom stereocenters. The molecule has 0 saturated carbocycles. The minimum atomic E-state index is -7.96. The van der Waals surface area contributed by atoms with Crippen LogP contribution in [-0.4, -0.2) is 53.7 Å². The molecule has 0 radical (unpaired) electrons. The van der Waals surface area contributed by atoms with Crippen molar-refractivity contribution in [1.82, 2.24) is 9.55 Å². The van der Waals surface area contributed by atoms with E-state index < -0.39 is 79.3 Å². The highest BCUT2D eigenvalue weighted by Gasteiger charge is 2.90. The van der Waals surface area contributed by atoms with Crippen LogP contribution in [0.3, 0.4) is 0 Å². The van der Waals surface area contributed by atoms with Gasteiger partial charge in [-0.25, -0.2) is 4.98 Å². The molecule has 0 spiro atoms. The summed E-state index contributed by atoms with van der Waals surface area (Å²) in [5.41, 5.74) is 0.838. The molecule has 0 aliphatic carbocycles. The lowest BCUT2D eigenvalue weighted by Crippen LogP contribution is -2.70. The topological polar surface area (TPSA) is 44.1 Å². The molecule has 4 rings (SSSR count). The molecule has 0 saturated heterocycles. The van der Waals surface area contributed by atoms with Crippen molar-refractivity contribution in [2.24, 2.45) is 0 Å². The van der Waals surface area contributed by atoms with Crippen molar-refractivity contribution >= 4 is 19.2 Å². The molecule has 0 unspecified atom stereocenters. The molecule has 51 heavy (non-hydrogen) atoms. The number of aromatic nitrogens is 2. The smallest absolute Gasteiger partial charge is 0.409 e. The fourth-order valence-electron chi connectivity index (χ4n) is 6.65. The average molecular weight is 767 g/mol. The summed E-state index contributed by atoms with van der Waals surface area (Å²) in [5.74, 6) is -37.2. The second-order valence-corrected chi connectivity index (χ2v) is 18.4. The highest BCUT2D eigenvalue weighted by molar-refractivity contribution is 6.76. The third-order valence-electron chi connectivity index (χ3n) is 9.82. The van der Waals surface area contributed by atoms with Crippen LogP contribution in [0.1, 0.15) is 70.3 Å². The molecule has 0 bridgehead atoms. The summed E-state index contributed by atoms with van der Waals surface area (Å²) in [5, 5.41) is 0.825. The maximum Gasteiger partial charge on any atom is 0.460 e. The Hall–Kier alpha value is -3.15. The monoisotopic (exact) mass is 766 g/mol. The number of benzene rings is 1. The van der Waals surface area contributed by atoms with Crippen LogP contribution < -0.4 is 5.56 Å². The molecular weight excluding hydrogens is 731 g/mol. The van der Waals surface area contributed by atoms with Gasteiger partial charge in [-0.1, -0.05) is 52.8 Å². The first-order valence-electron chi connectivity index (χ1n) is 15.9. The van der Waals surface area contributed by atoms with Gasteiger partial charge < -0.3 is 8.99 Å². The molecule has 0 amide bonds. The maximum atomic E-state index is 15.1. The summed E-state index contributed by atoms with van der Waals surface area (Å²) < 4.78 is 188. The van der Waals surface area contributed by atoms with Gasteiger partial charge >= 0.3 is 35.8 Å². The minimum Gasteiger partial charge on any atom is -0.409 e. The molecule has 1 aliphatic heterocycles. The number of rotatable bonds is 13. The number of hydrogen-bond acceptors (Lipinski definition) is 3. The van der Waals surface area contributed by atoms with E-state index in [4.69, 9.17) is 9.41 Å². The van der Waals surface area contributed by atoms with Crippen LogP contribution in [0.2, 0.25) is 17.1 Å². The van der Waals surface area contributed by atoms with Crippen LogP contribution in [0, 0.1) is 6.92 Å². The van der Waals surface area contributed by atoms with Crippen molar-refractivity contribution in [1.29, 1.82) is 0 Å². The molecule has 0 N–H and O–H groups in total. The number of pyridine rings is 2. The van der Waals surface area contributed by atoms with Crippen molar-refractivity contribution in [3.05, 3.63) is 63.4 Å². The Morgan fingerprint density at radius 2 is 1.37 bits per heavy atom. The first kappa shape index (κ1) is 40.6. The molecular formula is C33H35F13N2O2Si. The zero-order chi connectivity index (χ0) is 38.9. The van der Waals surface area contributed by atoms with E-state index in [-0.39, 0.29) is 18.5 Å². The first-order valence-corrected chi connectivity index (χ1v) is 18.2. The van der Waals surface area contributed by atoms with Gasteiger partial charge in [-0.05, 0) is 54.2 Å². The lowest BCUT2D eigenvalue weighted by atomic mass is 9.93. The van der Waals surface area contributed by atoms with E-state index in [0.29, 0.717) is 22.5 Å². The number of para-hydroxylation sites is 1. The first-order chi connectivity index (χ1) is 23.1. The Morgan fingerprint density at radius 1 is 0.824 bits per heavy atom. The Kier molecular flexibility index (Phi) is 10.4. The van der Waals surface area contributed by atoms with Crippen molar-refractivity contribution in [3.8, 4) is 11.4 Å². The van der Waals surface area contributed by atoms with Crippen molar-refractivity contribution in [2.45, 2.75) is 120 Å². The number of halogens is 13. The molecule has 1 aliphatic rings. The van der Waals surface area contributed by atoms with Gasteiger partial charge in [0.1, 0.15) is 0 Å². The standard InChI is InChI=1S/C33H35F13N2O2Si/c1-7-25(22-15-24-26-21(16-48(24)27(49)19(22)6)14-20-10-8-9-11-23(20)47-26)50-51(17(2)3,18(4)5)13-12-28(34,35)29(36,37)30(38,39)31(40,41)32(42,43)33(44,45)46/h8-11,14-15,17-18,25H,7,12-13,16H2,1-6H3/t25-/m0/s1. The van der Waals surface area contributed by atoms with E-state index in [1.165, 1.54) is 39.2 Å². The van der Waals surface area contributed by atoms with Crippen LogP contribution >= 0.6 is 0 Å². The van der Waals surface area contributed by atoms with Gasteiger partial charge in [-0.15, -0.1) is 0 Å². The minimum absolute atomic E-state index is 0.0826. The Balaban J connectivity index is 1.73. The number of alkyl halides is 13. The van der Waals surface area contributed by atoms with Crippen LogP contribution in [0.5, 0.6) is 0 Å². The zero-order valence-electron chi connectivity index (χ0n) is 28.1. The Bertz CT molecular complexity index is 1830. The quantitative estimate of drug-likeness (QED) is 0.101. The third-order valence-corrected chi connectivity index (χ3v) is 15.5.